The van der Waals surface area contributed by atoms with Crippen molar-refractivity contribution < 1.29 is 81.2 Å². The lowest BCUT2D eigenvalue weighted by Crippen LogP contribution is -2.50. The van der Waals surface area contributed by atoms with Gasteiger partial charge < -0.3 is 38.5 Å². The summed E-state index contributed by atoms with van der Waals surface area (Å²) in [5, 5.41) is 0. The number of hydrogen-bond acceptors (Lipinski definition) is 10. The summed E-state index contributed by atoms with van der Waals surface area (Å²) in [6.07, 6.45) is -21.5. The topological polar surface area (TPSA) is 90.5 Å². The Hall–Kier alpha value is -4.42. The molecular formula is C44H54F12N6O6. The van der Waals surface area contributed by atoms with Crippen LogP contribution in [0.2, 0.25) is 0 Å². The average molecular weight is 991 g/mol. The molecule has 4 bridgehead atoms. The van der Waals surface area contributed by atoms with Crippen LogP contribution < -0.4 is 9.80 Å². The van der Waals surface area contributed by atoms with Crippen molar-refractivity contribution in [2.24, 2.45) is 0 Å². The average Bonchev–Trinajstić information content (AvgIpc) is 3.73. The third-order valence-corrected chi connectivity index (χ3v) is 13.3. The number of amides is 2. The predicted octanol–water partition coefficient (Wildman–Crippen LogP) is 8.56. The molecule has 2 amide bonds. The van der Waals surface area contributed by atoms with Gasteiger partial charge in [0.15, 0.2) is 12.2 Å². The lowest BCUT2D eigenvalue weighted by Gasteiger charge is -2.40. The zero-order chi connectivity index (χ0) is 49.3. The van der Waals surface area contributed by atoms with Gasteiger partial charge in [0.25, 0.3) is 0 Å². The standard InChI is InChI=1S/2C22H27F6N3O3/c1-14(21(23,24)25)34-20(32)30-9-7-29(8-10-30)11-17-18(22(26,27)28)3-2-4-19(17)31-15-5-6-16(31)13-33-12-15;1-14(21(23,24)25)33-20(32)30-9-7-29(8-10-30)13-17-18(22(26,27)28)3-2-4-19(17)31-11-15-5-6-16(12-31)34-15/h2*2-4,14-16H,5-13H2,1H3. The number of halogens is 12. The Morgan fingerprint density at radius 2 is 0.985 bits per heavy atom. The van der Waals surface area contributed by atoms with Crippen molar-refractivity contribution in [3.8, 4) is 0 Å². The molecule has 0 N–H and O–H groups in total. The van der Waals surface area contributed by atoms with Gasteiger partial charge in [-0.1, -0.05) is 12.1 Å². The Morgan fingerprint density at radius 3 is 1.38 bits per heavy atom. The molecular weight excluding hydrogens is 936 g/mol. The van der Waals surface area contributed by atoms with Crippen LogP contribution in [0.5, 0.6) is 0 Å². The summed E-state index contributed by atoms with van der Waals surface area (Å²) in [4.78, 5) is 34.0. The van der Waals surface area contributed by atoms with Gasteiger partial charge in [0.05, 0.1) is 48.6 Å². The van der Waals surface area contributed by atoms with Crippen LogP contribution in [0.1, 0.15) is 61.8 Å². The molecule has 0 spiro atoms. The lowest BCUT2D eigenvalue weighted by molar-refractivity contribution is -0.200. The van der Waals surface area contributed by atoms with Gasteiger partial charge in [0, 0.05) is 101 Å². The lowest BCUT2D eigenvalue weighted by atomic mass is 10.0. The highest BCUT2D eigenvalue weighted by molar-refractivity contribution is 5.68. The minimum atomic E-state index is -4.66. The van der Waals surface area contributed by atoms with Gasteiger partial charge in [-0.05, 0) is 63.8 Å². The first-order valence-electron chi connectivity index (χ1n) is 22.5. The fraction of sp³-hybridized carbons (Fsp3) is 0.682. The summed E-state index contributed by atoms with van der Waals surface area (Å²) in [5.41, 5.74) is 0.0114. The van der Waals surface area contributed by atoms with E-state index >= 15 is 0 Å². The van der Waals surface area contributed by atoms with Crippen molar-refractivity contribution >= 4 is 23.6 Å². The van der Waals surface area contributed by atoms with Crippen molar-refractivity contribution in [2.75, 3.05) is 88.5 Å². The molecule has 380 valence electrons. The van der Waals surface area contributed by atoms with Gasteiger partial charge >= 0.3 is 36.9 Å². The third kappa shape index (κ3) is 12.3. The summed E-state index contributed by atoms with van der Waals surface area (Å²) in [7, 11) is 0. The number of piperazine rings is 2. The van der Waals surface area contributed by atoms with Crippen molar-refractivity contribution in [1.29, 1.82) is 0 Å². The fourth-order valence-corrected chi connectivity index (χ4v) is 9.59. The summed E-state index contributed by atoms with van der Waals surface area (Å²) in [6.45, 7) is 4.68. The number of ether oxygens (including phenoxy) is 4. The van der Waals surface area contributed by atoms with E-state index in [-0.39, 0.29) is 101 Å². The van der Waals surface area contributed by atoms with E-state index in [9.17, 15) is 62.3 Å². The van der Waals surface area contributed by atoms with E-state index in [2.05, 4.69) is 14.4 Å². The summed E-state index contributed by atoms with van der Waals surface area (Å²) in [5.74, 6) is 0. The maximum absolute atomic E-state index is 13.9. The molecule has 6 unspecified atom stereocenters. The van der Waals surface area contributed by atoms with Gasteiger partial charge in [-0.15, -0.1) is 0 Å². The Bertz CT molecular complexity index is 2030. The van der Waals surface area contributed by atoms with Crippen molar-refractivity contribution in [2.45, 2.75) is 114 Å². The van der Waals surface area contributed by atoms with Crippen LogP contribution in [0.25, 0.3) is 0 Å². The number of alkyl halides is 12. The van der Waals surface area contributed by atoms with E-state index in [1.807, 2.05) is 4.90 Å². The number of nitrogens with zero attached hydrogens (tertiary/aromatic N) is 6. The van der Waals surface area contributed by atoms with E-state index in [0.29, 0.717) is 37.7 Å². The monoisotopic (exact) mass is 990 g/mol. The van der Waals surface area contributed by atoms with Gasteiger partial charge in [-0.2, -0.15) is 52.7 Å². The molecule has 6 fully saturated rings. The Kier molecular flexibility index (Phi) is 15.5. The summed E-state index contributed by atoms with van der Waals surface area (Å²) < 4.78 is 180. The Labute approximate surface area is 384 Å². The van der Waals surface area contributed by atoms with E-state index in [1.165, 1.54) is 12.1 Å². The van der Waals surface area contributed by atoms with Crippen LogP contribution in [-0.4, -0.2) is 159 Å². The maximum atomic E-state index is 13.9. The van der Waals surface area contributed by atoms with Crippen LogP contribution >= 0.6 is 0 Å². The van der Waals surface area contributed by atoms with E-state index in [4.69, 9.17) is 9.47 Å². The largest absolute Gasteiger partial charge is 0.437 e. The summed E-state index contributed by atoms with van der Waals surface area (Å²) in [6, 6.07) is 8.45. The minimum absolute atomic E-state index is 0.00906. The zero-order valence-corrected chi connectivity index (χ0v) is 37.3. The smallest absolute Gasteiger partial charge is 0.425 e. The van der Waals surface area contributed by atoms with E-state index in [1.54, 1.807) is 21.9 Å². The van der Waals surface area contributed by atoms with E-state index in [0.717, 1.165) is 61.5 Å². The third-order valence-electron chi connectivity index (χ3n) is 13.3. The normalized spacial score (nSPS) is 24.9. The number of morpholine rings is 2. The molecule has 2 aromatic rings. The second-order valence-corrected chi connectivity index (χ2v) is 18.0. The number of carbonyl (C=O) groups excluding carboxylic acids is 2. The highest BCUT2D eigenvalue weighted by Crippen LogP contribution is 2.43. The first kappa shape index (κ1) is 51.4. The van der Waals surface area contributed by atoms with Crippen molar-refractivity contribution in [1.82, 2.24) is 19.6 Å². The Morgan fingerprint density at radius 1 is 0.588 bits per heavy atom. The molecule has 12 nitrogen and oxygen atoms in total. The predicted molar refractivity (Wildman–Crippen MR) is 221 cm³/mol. The molecule has 24 heteroatoms. The molecule has 0 aromatic heterocycles. The second-order valence-electron chi connectivity index (χ2n) is 18.0. The van der Waals surface area contributed by atoms with Crippen LogP contribution in [0, 0.1) is 0 Å². The molecule has 0 aliphatic carbocycles. The number of fused-ring (bicyclic) bond motifs is 4. The van der Waals surface area contributed by atoms with Gasteiger partial charge in [-0.25, -0.2) is 9.59 Å². The number of carbonyl (C=O) groups is 2. The Balaban J connectivity index is 0.000000201. The molecule has 6 aliphatic rings. The molecule has 6 saturated heterocycles. The second kappa shape index (κ2) is 20.5. The maximum Gasteiger partial charge on any atom is 0.425 e. The molecule has 2 aromatic carbocycles. The van der Waals surface area contributed by atoms with Crippen LogP contribution in [-0.2, 0) is 44.4 Å². The molecule has 0 radical (unpaired) electrons. The zero-order valence-electron chi connectivity index (χ0n) is 37.3. The highest BCUT2D eigenvalue weighted by Gasteiger charge is 2.45. The van der Waals surface area contributed by atoms with Gasteiger partial charge in [0.2, 0.25) is 0 Å². The van der Waals surface area contributed by atoms with Gasteiger partial charge in [-0.3, -0.25) is 9.80 Å². The summed E-state index contributed by atoms with van der Waals surface area (Å²) >= 11 is 0. The van der Waals surface area contributed by atoms with Crippen molar-refractivity contribution in [3.05, 3.63) is 58.7 Å². The quantitative estimate of drug-likeness (QED) is 0.240. The molecule has 6 heterocycles. The number of benzene rings is 2. The number of hydrogen-bond donors (Lipinski definition) is 0. The van der Waals surface area contributed by atoms with Crippen molar-refractivity contribution in [3.63, 3.8) is 0 Å². The SMILES string of the molecule is CC(OC(=O)N1CCN(Cc2c(N3C4CCC3COC4)cccc2C(F)(F)F)CC1)C(F)(F)F.CC(OC(=O)N1CCN(Cc2c(N3CC4CCC(C3)O4)cccc2C(F)(F)F)CC1)C(F)(F)F. The van der Waals surface area contributed by atoms with Crippen LogP contribution in [0.15, 0.2) is 36.4 Å². The molecule has 8 rings (SSSR count). The first-order chi connectivity index (χ1) is 31.9. The minimum Gasteiger partial charge on any atom is -0.437 e. The fourth-order valence-electron chi connectivity index (χ4n) is 9.59. The highest BCUT2D eigenvalue weighted by atomic mass is 19.4. The molecule has 0 saturated carbocycles. The van der Waals surface area contributed by atoms with Crippen LogP contribution in [0.4, 0.5) is 73.6 Å². The van der Waals surface area contributed by atoms with E-state index < -0.39 is 60.2 Å². The van der Waals surface area contributed by atoms with Gasteiger partial charge in [0.1, 0.15) is 0 Å². The first-order valence-corrected chi connectivity index (χ1v) is 22.5. The molecule has 6 atom stereocenters. The number of anilines is 2. The number of rotatable bonds is 8. The molecule has 68 heavy (non-hydrogen) atoms. The van der Waals surface area contributed by atoms with Crippen LogP contribution in [0.3, 0.4) is 0 Å². The molecule has 6 aliphatic heterocycles.